The van der Waals surface area contributed by atoms with Crippen molar-refractivity contribution in [3.05, 3.63) is 69.5 Å². The van der Waals surface area contributed by atoms with Gasteiger partial charge in [-0.25, -0.2) is 4.39 Å². The predicted octanol–water partition coefficient (Wildman–Crippen LogP) is 4.20. The lowest BCUT2D eigenvalue weighted by Gasteiger charge is -2.08. The summed E-state index contributed by atoms with van der Waals surface area (Å²) in [6, 6.07) is 7.40. The Morgan fingerprint density at radius 3 is 2.52 bits per heavy atom. The van der Waals surface area contributed by atoms with Crippen molar-refractivity contribution in [3.8, 4) is 0 Å². The molecule has 0 radical (unpaired) electrons. The van der Waals surface area contributed by atoms with Gasteiger partial charge in [-0.3, -0.25) is 15.5 Å². The minimum Gasteiger partial charge on any atom is -0.272 e. The molecule has 0 unspecified atom stereocenters. The van der Waals surface area contributed by atoms with Crippen LogP contribution >= 0.6 is 0 Å². The molecule has 0 bridgehead atoms. The van der Waals surface area contributed by atoms with Crippen molar-refractivity contribution in [2.75, 3.05) is 5.43 Å². The number of hydrogen-bond donors (Lipinski definition) is 1. The zero-order valence-electron chi connectivity index (χ0n) is 11.3. The van der Waals surface area contributed by atoms with Crippen molar-refractivity contribution in [2.24, 2.45) is 5.10 Å². The summed E-state index contributed by atoms with van der Waals surface area (Å²) >= 11 is 0. The Kier molecular flexibility index (Phi) is 4.58. The molecule has 23 heavy (non-hydrogen) atoms. The second-order valence-corrected chi connectivity index (χ2v) is 4.41. The Balaban J connectivity index is 2.24. The highest BCUT2D eigenvalue weighted by atomic mass is 19.4. The number of nitrogens with one attached hydrogen (secondary N) is 1. The van der Waals surface area contributed by atoms with Crippen LogP contribution in [0.1, 0.15) is 11.1 Å². The first-order valence-corrected chi connectivity index (χ1v) is 6.17. The summed E-state index contributed by atoms with van der Waals surface area (Å²) in [6.07, 6.45) is -3.50. The van der Waals surface area contributed by atoms with E-state index in [1.165, 1.54) is 30.5 Å². The summed E-state index contributed by atoms with van der Waals surface area (Å²) < 4.78 is 50.7. The highest BCUT2D eigenvalue weighted by Gasteiger charge is 2.33. The Morgan fingerprint density at radius 1 is 1.17 bits per heavy atom. The van der Waals surface area contributed by atoms with Crippen molar-refractivity contribution >= 4 is 17.6 Å². The van der Waals surface area contributed by atoms with Crippen LogP contribution in [-0.2, 0) is 6.18 Å². The van der Waals surface area contributed by atoms with Crippen molar-refractivity contribution in [2.45, 2.75) is 6.18 Å². The lowest BCUT2D eigenvalue weighted by atomic mass is 10.1. The van der Waals surface area contributed by atoms with Crippen LogP contribution in [0.4, 0.5) is 28.9 Å². The summed E-state index contributed by atoms with van der Waals surface area (Å²) in [7, 11) is 0. The highest BCUT2D eigenvalue weighted by molar-refractivity contribution is 5.80. The van der Waals surface area contributed by atoms with Gasteiger partial charge in [0.05, 0.1) is 16.7 Å². The van der Waals surface area contributed by atoms with E-state index >= 15 is 0 Å². The summed E-state index contributed by atoms with van der Waals surface area (Å²) in [4.78, 5) is 9.93. The van der Waals surface area contributed by atoms with Crippen molar-refractivity contribution < 1.29 is 22.5 Å². The first-order valence-electron chi connectivity index (χ1n) is 6.17. The average Bonchev–Trinajstić information content (AvgIpc) is 2.46. The normalized spacial score (nSPS) is 11.7. The van der Waals surface area contributed by atoms with E-state index in [0.717, 1.165) is 6.07 Å². The van der Waals surface area contributed by atoms with Crippen LogP contribution in [0.5, 0.6) is 0 Å². The van der Waals surface area contributed by atoms with Crippen molar-refractivity contribution in [1.29, 1.82) is 0 Å². The maximum absolute atomic E-state index is 13.0. The predicted molar refractivity (Wildman–Crippen MR) is 75.7 cm³/mol. The fourth-order valence-electron chi connectivity index (χ4n) is 1.72. The van der Waals surface area contributed by atoms with Gasteiger partial charge >= 0.3 is 6.18 Å². The second kappa shape index (κ2) is 6.42. The molecule has 2 rings (SSSR count). The van der Waals surface area contributed by atoms with Crippen LogP contribution in [0.15, 0.2) is 47.6 Å². The molecule has 2 aromatic carbocycles. The Morgan fingerprint density at radius 2 is 1.91 bits per heavy atom. The molecule has 0 aromatic heterocycles. The van der Waals surface area contributed by atoms with Crippen LogP contribution in [0, 0.1) is 15.9 Å². The monoisotopic (exact) mass is 327 g/mol. The maximum atomic E-state index is 13.0. The average molecular weight is 327 g/mol. The lowest BCUT2D eigenvalue weighted by molar-refractivity contribution is -0.384. The van der Waals surface area contributed by atoms with Gasteiger partial charge in [-0.05, 0) is 29.8 Å². The number of nitro benzene ring substituents is 1. The van der Waals surface area contributed by atoms with Gasteiger partial charge in [0, 0.05) is 6.07 Å². The Bertz CT molecular complexity index is 760. The molecule has 0 atom stereocenters. The zero-order valence-corrected chi connectivity index (χ0v) is 11.3. The largest absolute Gasteiger partial charge is 0.416 e. The molecule has 0 spiro atoms. The zero-order chi connectivity index (χ0) is 17.0. The third kappa shape index (κ3) is 4.25. The van der Waals surface area contributed by atoms with E-state index in [-0.39, 0.29) is 5.69 Å². The number of hydrazone groups is 1. The minimum absolute atomic E-state index is 0.212. The number of anilines is 1. The molecule has 0 saturated heterocycles. The van der Waals surface area contributed by atoms with Crippen molar-refractivity contribution in [3.63, 3.8) is 0 Å². The van der Waals surface area contributed by atoms with Crippen LogP contribution in [0.25, 0.3) is 0 Å². The van der Waals surface area contributed by atoms with Crippen LogP contribution in [0.3, 0.4) is 0 Å². The molecule has 0 aliphatic rings. The molecular formula is C14H9F4N3O2. The number of alkyl halides is 3. The van der Waals surface area contributed by atoms with E-state index in [9.17, 15) is 27.7 Å². The Hall–Kier alpha value is -2.97. The first kappa shape index (κ1) is 16.4. The van der Waals surface area contributed by atoms with E-state index in [4.69, 9.17) is 0 Å². The van der Waals surface area contributed by atoms with Gasteiger partial charge in [0.1, 0.15) is 11.5 Å². The summed E-state index contributed by atoms with van der Waals surface area (Å²) in [5.74, 6) is -0.491. The number of rotatable bonds is 4. The topological polar surface area (TPSA) is 67.5 Å². The van der Waals surface area contributed by atoms with Gasteiger partial charge in [-0.2, -0.15) is 18.3 Å². The van der Waals surface area contributed by atoms with Gasteiger partial charge < -0.3 is 0 Å². The molecule has 1 N–H and O–H groups in total. The van der Waals surface area contributed by atoms with Gasteiger partial charge in [-0.1, -0.05) is 12.1 Å². The third-order valence-corrected chi connectivity index (χ3v) is 2.77. The van der Waals surface area contributed by atoms with Crippen molar-refractivity contribution in [1.82, 2.24) is 0 Å². The maximum Gasteiger partial charge on any atom is 0.416 e. The first-order chi connectivity index (χ1) is 10.8. The van der Waals surface area contributed by atoms with Gasteiger partial charge in [-0.15, -0.1) is 0 Å². The van der Waals surface area contributed by atoms with E-state index in [2.05, 4.69) is 10.5 Å². The molecule has 0 aliphatic heterocycles. The third-order valence-electron chi connectivity index (χ3n) is 2.77. The van der Waals surface area contributed by atoms with Crippen LogP contribution < -0.4 is 5.43 Å². The van der Waals surface area contributed by atoms with Gasteiger partial charge in [0.25, 0.3) is 5.69 Å². The fourth-order valence-corrected chi connectivity index (χ4v) is 1.72. The smallest absolute Gasteiger partial charge is 0.272 e. The second-order valence-electron chi connectivity index (χ2n) is 4.41. The van der Waals surface area contributed by atoms with E-state index in [0.29, 0.717) is 17.7 Å². The standard InChI is InChI=1S/C14H9F4N3O2/c15-11-3-1-2-9(6-11)8-19-20-12-5-4-10(14(16,17)18)7-13(12)21(22)23/h1-8,20H. The SMILES string of the molecule is O=[N+]([O-])c1cc(C(F)(F)F)ccc1NN=Cc1cccc(F)c1. The van der Waals surface area contributed by atoms with E-state index in [1.54, 1.807) is 0 Å². The minimum atomic E-state index is -4.69. The molecule has 0 saturated carbocycles. The summed E-state index contributed by atoms with van der Waals surface area (Å²) in [5, 5.41) is 14.5. The molecule has 120 valence electrons. The fraction of sp³-hybridized carbons (Fsp3) is 0.0714. The number of nitrogens with zero attached hydrogens (tertiary/aromatic N) is 2. The quantitative estimate of drug-likeness (QED) is 0.396. The van der Waals surface area contributed by atoms with Gasteiger partial charge in [0.15, 0.2) is 0 Å². The van der Waals surface area contributed by atoms with Gasteiger partial charge in [0.2, 0.25) is 0 Å². The van der Waals surface area contributed by atoms with E-state index < -0.39 is 28.2 Å². The number of benzene rings is 2. The summed E-state index contributed by atoms with van der Waals surface area (Å²) in [6.45, 7) is 0. The molecule has 5 nitrogen and oxygen atoms in total. The molecule has 9 heteroatoms. The molecular weight excluding hydrogens is 318 g/mol. The molecule has 0 fully saturated rings. The number of halogens is 4. The lowest BCUT2D eigenvalue weighted by Crippen LogP contribution is -2.06. The van der Waals surface area contributed by atoms with E-state index in [1.807, 2.05) is 0 Å². The summed E-state index contributed by atoms with van der Waals surface area (Å²) in [5.41, 5.74) is 0.546. The molecule has 0 amide bonds. The highest BCUT2D eigenvalue weighted by Crippen LogP contribution is 2.34. The van der Waals surface area contributed by atoms with Crippen LogP contribution in [-0.4, -0.2) is 11.1 Å². The Labute approximate surface area is 127 Å². The van der Waals surface area contributed by atoms with Crippen LogP contribution in [0.2, 0.25) is 0 Å². The molecule has 0 heterocycles. The number of hydrogen-bond acceptors (Lipinski definition) is 4. The number of nitro groups is 1. The molecule has 0 aliphatic carbocycles. The molecule has 2 aromatic rings.